The number of anilines is 2. The molecule has 2 amide bonds. The Morgan fingerprint density at radius 3 is 2.79 bits per heavy atom. The predicted octanol–water partition coefficient (Wildman–Crippen LogP) is 4.45. The van der Waals surface area contributed by atoms with Crippen molar-refractivity contribution in [2.24, 2.45) is 5.92 Å². The molecule has 1 aliphatic heterocycles. The maximum atomic E-state index is 12.7. The first-order valence-electron chi connectivity index (χ1n) is 9.11. The maximum Gasteiger partial charge on any atom is 0.229 e. The molecule has 0 saturated carbocycles. The molecule has 0 spiro atoms. The molecule has 6 nitrogen and oxygen atoms in total. The Balaban J connectivity index is 1.52. The molecule has 1 N–H and O–H groups in total. The van der Waals surface area contributed by atoms with Gasteiger partial charge in [-0.15, -0.1) is 11.3 Å². The number of carbonyl (C=O) groups excluding carboxylic acids is 3. The highest BCUT2D eigenvalue weighted by molar-refractivity contribution is 7.18. The van der Waals surface area contributed by atoms with Gasteiger partial charge in [-0.3, -0.25) is 14.4 Å². The van der Waals surface area contributed by atoms with E-state index in [4.69, 9.17) is 11.6 Å². The summed E-state index contributed by atoms with van der Waals surface area (Å²) in [4.78, 5) is 43.0. The first kappa shape index (κ1) is 19.5. The molecule has 1 fully saturated rings. The molecule has 1 aromatic heterocycles. The number of aryl methyl sites for hydroxylation is 1. The highest BCUT2D eigenvalue weighted by Gasteiger charge is 2.35. The summed E-state index contributed by atoms with van der Waals surface area (Å²) in [5, 5.41) is 4.07. The Kier molecular flexibility index (Phi) is 5.10. The number of carbonyl (C=O) groups is 3. The Morgan fingerprint density at radius 2 is 2.03 bits per heavy atom. The van der Waals surface area contributed by atoms with Gasteiger partial charge in [0.15, 0.2) is 5.78 Å². The number of nitrogens with zero attached hydrogens (tertiary/aromatic N) is 2. The van der Waals surface area contributed by atoms with Crippen molar-refractivity contribution in [3.05, 3.63) is 52.0 Å². The number of ketones is 1. The molecule has 148 valence electrons. The average molecular weight is 428 g/mol. The summed E-state index contributed by atoms with van der Waals surface area (Å²) in [5.41, 5.74) is 2.41. The van der Waals surface area contributed by atoms with Crippen LogP contribution in [-0.4, -0.2) is 29.1 Å². The number of nitrogens with one attached hydrogen (secondary N) is 1. The van der Waals surface area contributed by atoms with Crippen LogP contribution in [0.2, 0.25) is 5.02 Å². The van der Waals surface area contributed by atoms with Gasteiger partial charge < -0.3 is 10.2 Å². The number of hydrogen-bond acceptors (Lipinski definition) is 5. The first-order valence-corrected chi connectivity index (χ1v) is 10.3. The van der Waals surface area contributed by atoms with Crippen LogP contribution in [0.15, 0.2) is 36.4 Å². The maximum absolute atomic E-state index is 12.7. The molecule has 1 unspecified atom stereocenters. The van der Waals surface area contributed by atoms with E-state index in [1.165, 1.54) is 6.92 Å². The smallest absolute Gasteiger partial charge is 0.229 e. The number of fused-ring (bicyclic) bond motifs is 1. The number of hydrogen-bond donors (Lipinski definition) is 1. The largest absolute Gasteiger partial charge is 0.324 e. The van der Waals surface area contributed by atoms with Crippen LogP contribution in [-0.2, 0) is 9.59 Å². The predicted molar refractivity (Wildman–Crippen MR) is 115 cm³/mol. The van der Waals surface area contributed by atoms with Crippen LogP contribution in [0.4, 0.5) is 11.4 Å². The summed E-state index contributed by atoms with van der Waals surface area (Å²) in [7, 11) is 0. The van der Waals surface area contributed by atoms with E-state index in [1.54, 1.807) is 34.4 Å². The summed E-state index contributed by atoms with van der Waals surface area (Å²) < 4.78 is 1.06. The standard InChI is InChI=1S/C21H18ClN3O3S/c1-11(26)13-3-5-16(22)17(7-13)24-21(28)14-8-20(27)25(10-14)15-4-6-19-18(9-15)23-12(2)29-19/h3-7,9,14H,8,10H2,1-2H3,(H,24,28). The quantitative estimate of drug-likeness (QED) is 0.624. The van der Waals surface area contributed by atoms with E-state index in [-0.39, 0.29) is 30.6 Å². The van der Waals surface area contributed by atoms with Gasteiger partial charge in [-0.1, -0.05) is 11.6 Å². The van der Waals surface area contributed by atoms with Crippen molar-refractivity contribution >= 4 is 62.1 Å². The molecule has 0 aliphatic carbocycles. The number of aromatic nitrogens is 1. The normalized spacial score (nSPS) is 16.4. The fourth-order valence-corrected chi connectivity index (χ4v) is 4.38. The average Bonchev–Trinajstić information content (AvgIpc) is 3.24. The molecule has 1 atom stereocenters. The van der Waals surface area contributed by atoms with Crippen molar-refractivity contribution in [1.29, 1.82) is 0 Å². The lowest BCUT2D eigenvalue weighted by atomic mass is 10.1. The zero-order valence-corrected chi connectivity index (χ0v) is 17.4. The highest BCUT2D eigenvalue weighted by atomic mass is 35.5. The SMILES string of the molecule is CC(=O)c1ccc(Cl)c(NC(=O)C2CC(=O)N(c3ccc4sc(C)nc4c3)C2)c1. The minimum absolute atomic E-state index is 0.111. The van der Waals surface area contributed by atoms with Crippen LogP contribution in [0.3, 0.4) is 0 Å². The monoisotopic (exact) mass is 427 g/mol. The van der Waals surface area contributed by atoms with Crippen LogP contribution in [0.1, 0.15) is 28.7 Å². The number of thiazole rings is 1. The fraction of sp³-hybridized carbons (Fsp3) is 0.238. The Hall–Kier alpha value is -2.77. The van der Waals surface area contributed by atoms with Gasteiger partial charge in [-0.25, -0.2) is 4.98 Å². The first-order chi connectivity index (χ1) is 13.8. The Labute approximate surface area is 176 Å². The molecular formula is C21H18ClN3O3S. The second-order valence-electron chi connectivity index (χ2n) is 7.03. The van der Waals surface area contributed by atoms with Crippen LogP contribution >= 0.6 is 22.9 Å². The van der Waals surface area contributed by atoms with Crippen molar-refractivity contribution < 1.29 is 14.4 Å². The zero-order chi connectivity index (χ0) is 20.7. The van der Waals surface area contributed by atoms with Gasteiger partial charge >= 0.3 is 0 Å². The van der Waals surface area contributed by atoms with E-state index >= 15 is 0 Å². The van der Waals surface area contributed by atoms with Crippen molar-refractivity contribution in [1.82, 2.24) is 4.98 Å². The van der Waals surface area contributed by atoms with Crippen LogP contribution < -0.4 is 10.2 Å². The molecule has 1 aliphatic rings. The molecule has 2 aromatic carbocycles. The molecule has 8 heteroatoms. The third-order valence-electron chi connectivity index (χ3n) is 4.92. The lowest BCUT2D eigenvalue weighted by Gasteiger charge is -2.17. The Bertz CT molecular complexity index is 1160. The van der Waals surface area contributed by atoms with Gasteiger partial charge in [-0.05, 0) is 50.2 Å². The molecular weight excluding hydrogens is 410 g/mol. The van der Waals surface area contributed by atoms with Gasteiger partial charge in [0.2, 0.25) is 11.8 Å². The minimum Gasteiger partial charge on any atom is -0.324 e. The zero-order valence-electron chi connectivity index (χ0n) is 15.9. The van der Waals surface area contributed by atoms with Gasteiger partial charge in [0.05, 0.1) is 31.9 Å². The third-order valence-corrected chi connectivity index (χ3v) is 6.20. The fourth-order valence-electron chi connectivity index (χ4n) is 3.41. The summed E-state index contributed by atoms with van der Waals surface area (Å²) in [5.74, 6) is -1.03. The van der Waals surface area contributed by atoms with E-state index in [0.717, 1.165) is 20.9 Å². The van der Waals surface area contributed by atoms with Gasteiger partial charge in [0, 0.05) is 24.2 Å². The van der Waals surface area contributed by atoms with Crippen LogP contribution in [0.25, 0.3) is 10.2 Å². The summed E-state index contributed by atoms with van der Waals surface area (Å²) in [6.07, 6.45) is 0.115. The van der Waals surface area contributed by atoms with E-state index in [9.17, 15) is 14.4 Å². The second-order valence-corrected chi connectivity index (χ2v) is 8.67. The molecule has 1 saturated heterocycles. The lowest BCUT2D eigenvalue weighted by Crippen LogP contribution is -2.28. The molecule has 29 heavy (non-hydrogen) atoms. The summed E-state index contributed by atoms with van der Waals surface area (Å²) in [6.45, 7) is 3.67. The molecule has 2 heterocycles. The van der Waals surface area contributed by atoms with Gasteiger partial charge in [0.25, 0.3) is 0 Å². The number of Topliss-reactive ketones (excluding diaryl/α,β-unsaturated/α-hetero) is 1. The van der Waals surface area contributed by atoms with Gasteiger partial charge in [-0.2, -0.15) is 0 Å². The van der Waals surface area contributed by atoms with Gasteiger partial charge in [0.1, 0.15) is 0 Å². The van der Waals surface area contributed by atoms with E-state index in [2.05, 4.69) is 10.3 Å². The van der Waals surface area contributed by atoms with Crippen LogP contribution in [0.5, 0.6) is 0 Å². The highest BCUT2D eigenvalue weighted by Crippen LogP contribution is 2.31. The van der Waals surface area contributed by atoms with Crippen LogP contribution in [0, 0.1) is 12.8 Å². The van der Waals surface area contributed by atoms with Crippen molar-refractivity contribution in [2.45, 2.75) is 20.3 Å². The van der Waals surface area contributed by atoms with E-state index in [0.29, 0.717) is 16.3 Å². The summed E-state index contributed by atoms with van der Waals surface area (Å²) in [6, 6.07) is 10.4. The number of benzene rings is 2. The van der Waals surface area contributed by atoms with E-state index in [1.807, 2.05) is 25.1 Å². The number of halogens is 1. The van der Waals surface area contributed by atoms with Crippen molar-refractivity contribution in [3.63, 3.8) is 0 Å². The molecule has 3 aromatic rings. The third kappa shape index (κ3) is 3.88. The molecule has 0 bridgehead atoms. The number of amides is 2. The minimum atomic E-state index is -0.507. The van der Waals surface area contributed by atoms with Crippen molar-refractivity contribution in [3.8, 4) is 0 Å². The molecule has 4 rings (SSSR count). The second kappa shape index (κ2) is 7.57. The lowest BCUT2D eigenvalue weighted by molar-refractivity contribution is -0.122. The molecule has 0 radical (unpaired) electrons. The van der Waals surface area contributed by atoms with E-state index < -0.39 is 5.92 Å². The number of rotatable bonds is 4. The summed E-state index contributed by atoms with van der Waals surface area (Å²) >= 11 is 7.75. The Morgan fingerprint density at radius 1 is 1.24 bits per heavy atom. The topological polar surface area (TPSA) is 79.4 Å². The van der Waals surface area contributed by atoms with Crippen molar-refractivity contribution in [2.75, 3.05) is 16.8 Å².